The topological polar surface area (TPSA) is 35.5 Å². The van der Waals surface area contributed by atoms with E-state index in [1.54, 1.807) is 19.6 Å². The minimum Gasteiger partial charge on any atom is -0.497 e. The monoisotopic (exact) mass is 330 g/mol. The molecule has 0 N–H and O–H groups in total. The van der Waals surface area contributed by atoms with Crippen molar-refractivity contribution in [1.29, 1.82) is 0 Å². The molecule has 0 aliphatic carbocycles. The molecule has 2 aromatic carbocycles. The summed E-state index contributed by atoms with van der Waals surface area (Å²) in [7, 11) is 1.66. The van der Waals surface area contributed by atoms with Gasteiger partial charge >= 0.3 is 0 Å². The third-order valence-electron chi connectivity index (χ3n) is 4.30. The zero-order valence-corrected chi connectivity index (χ0v) is 14.2. The molecule has 4 rings (SSSR count). The van der Waals surface area contributed by atoms with Gasteiger partial charge in [-0.05, 0) is 42.3 Å². The molecule has 0 aliphatic heterocycles. The minimum absolute atomic E-state index is 0.728. The van der Waals surface area contributed by atoms with Gasteiger partial charge < -0.3 is 13.6 Å². The minimum atomic E-state index is 0.728. The van der Waals surface area contributed by atoms with Crippen molar-refractivity contribution >= 4 is 0 Å². The molecular formula is C22H18O3. The summed E-state index contributed by atoms with van der Waals surface area (Å²) in [6.45, 7) is 2.08. The smallest absolute Gasteiger partial charge is 0.177 e. The van der Waals surface area contributed by atoms with Crippen LogP contribution in [0.3, 0.4) is 0 Å². The number of rotatable bonds is 4. The molecule has 124 valence electrons. The van der Waals surface area contributed by atoms with Gasteiger partial charge in [-0.3, -0.25) is 0 Å². The molecule has 2 heterocycles. The first-order chi connectivity index (χ1) is 12.3. The van der Waals surface area contributed by atoms with E-state index >= 15 is 0 Å². The van der Waals surface area contributed by atoms with Crippen LogP contribution < -0.4 is 4.74 Å². The van der Waals surface area contributed by atoms with Crippen molar-refractivity contribution in [2.24, 2.45) is 0 Å². The summed E-state index contributed by atoms with van der Waals surface area (Å²) >= 11 is 0. The van der Waals surface area contributed by atoms with Crippen molar-refractivity contribution in [3.05, 3.63) is 78.8 Å². The second-order valence-electron chi connectivity index (χ2n) is 5.92. The molecule has 0 unspecified atom stereocenters. The predicted octanol–water partition coefficient (Wildman–Crippen LogP) is 6.19. The van der Waals surface area contributed by atoms with Crippen molar-refractivity contribution in [3.8, 4) is 39.5 Å². The van der Waals surface area contributed by atoms with Crippen molar-refractivity contribution in [2.75, 3.05) is 7.11 Å². The molecule has 0 aliphatic rings. The molecule has 0 saturated carbocycles. The Bertz CT molecular complexity index is 973. The maximum absolute atomic E-state index is 5.78. The summed E-state index contributed by atoms with van der Waals surface area (Å²) in [6, 6.07) is 20.2. The maximum Gasteiger partial charge on any atom is 0.177 e. The number of furan rings is 2. The standard InChI is InChI=1S/C22H18O3/c1-15-3-5-16(6-4-15)19-11-13-24-21(19)22-20(12-14-25-22)17-7-9-18(23-2)10-8-17/h3-14H,1-2H3. The van der Waals surface area contributed by atoms with Crippen molar-refractivity contribution in [1.82, 2.24) is 0 Å². The van der Waals surface area contributed by atoms with Gasteiger partial charge in [0.05, 0.1) is 19.6 Å². The maximum atomic E-state index is 5.78. The Morgan fingerprint density at radius 1 is 0.640 bits per heavy atom. The highest BCUT2D eigenvalue weighted by Gasteiger charge is 2.19. The summed E-state index contributed by atoms with van der Waals surface area (Å²) < 4.78 is 16.8. The number of benzene rings is 2. The van der Waals surface area contributed by atoms with Gasteiger partial charge in [-0.15, -0.1) is 0 Å². The Hall–Kier alpha value is -3.20. The van der Waals surface area contributed by atoms with Crippen LogP contribution in [0.2, 0.25) is 0 Å². The zero-order chi connectivity index (χ0) is 17.2. The fraction of sp³-hybridized carbons (Fsp3) is 0.0909. The van der Waals surface area contributed by atoms with Crippen molar-refractivity contribution in [3.63, 3.8) is 0 Å². The highest BCUT2D eigenvalue weighted by Crippen LogP contribution is 2.39. The SMILES string of the molecule is COc1ccc(-c2ccoc2-c2occc2-c2ccc(C)cc2)cc1. The van der Waals surface area contributed by atoms with Gasteiger partial charge in [-0.25, -0.2) is 0 Å². The van der Waals surface area contributed by atoms with Crippen molar-refractivity contribution in [2.45, 2.75) is 6.92 Å². The van der Waals surface area contributed by atoms with E-state index in [0.717, 1.165) is 39.5 Å². The average molecular weight is 330 g/mol. The first kappa shape index (κ1) is 15.3. The molecule has 3 heteroatoms. The van der Waals surface area contributed by atoms with Crippen LogP contribution in [-0.4, -0.2) is 7.11 Å². The lowest BCUT2D eigenvalue weighted by Crippen LogP contribution is -1.84. The third-order valence-corrected chi connectivity index (χ3v) is 4.30. The third kappa shape index (κ3) is 2.85. The Kier molecular flexibility index (Phi) is 3.90. The van der Waals surface area contributed by atoms with Crippen LogP contribution in [0.5, 0.6) is 5.75 Å². The highest BCUT2D eigenvalue weighted by atomic mass is 16.5. The molecule has 25 heavy (non-hydrogen) atoms. The average Bonchev–Trinajstić information content (AvgIpc) is 3.31. The molecule has 0 fully saturated rings. The fourth-order valence-electron chi connectivity index (χ4n) is 2.93. The van der Waals surface area contributed by atoms with Gasteiger partial charge in [0, 0.05) is 11.1 Å². The molecule has 0 spiro atoms. The Morgan fingerprint density at radius 2 is 1.12 bits per heavy atom. The van der Waals surface area contributed by atoms with Gasteiger partial charge in [0.15, 0.2) is 11.5 Å². The van der Waals surface area contributed by atoms with Gasteiger partial charge in [-0.1, -0.05) is 42.0 Å². The molecule has 0 radical (unpaired) electrons. The summed E-state index contributed by atoms with van der Waals surface area (Å²) in [6.07, 6.45) is 3.39. The highest BCUT2D eigenvalue weighted by molar-refractivity contribution is 5.86. The number of ether oxygens (including phenoxy) is 1. The van der Waals surface area contributed by atoms with Crippen LogP contribution in [0.1, 0.15) is 5.56 Å². The van der Waals surface area contributed by atoms with Crippen LogP contribution in [0.15, 0.2) is 82.0 Å². The quantitative estimate of drug-likeness (QED) is 0.447. The molecule has 3 nitrogen and oxygen atoms in total. The van der Waals surface area contributed by atoms with Gasteiger partial charge in [-0.2, -0.15) is 0 Å². The lowest BCUT2D eigenvalue weighted by molar-refractivity contribution is 0.415. The first-order valence-electron chi connectivity index (χ1n) is 8.13. The first-order valence-corrected chi connectivity index (χ1v) is 8.13. The van der Waals surface area contributed by atoms with Crippen LogP contribution >= 0.6 is 0 Å². The summed E-state index contributed by atoms with van der Waals surface area (Å²) in [4.78, 5) is 0. The number of hydrogen-bond acceptors (Lipinski definition) is 3. The molecular weight excluding hydrogens is 312 g/mol. The summed E-state index contributed by atoms with van der Waals surface area (Å²) in [5.41, 5.74) is 5.39. The van der Waals surface area contributed by atoms with Gasteiger partial charge in [0.25, 0.3) is 0 Å². The Morgan fingerprint density at radius 3 is 1.60 bits per heavy atom. The van der Waals surface area contributed by atoms with Crippen LogP contribution in [-0.2, 0) is 0 Å². The van der Waals surface area contributed by atoms with E-state index in [1.165, 1.54) is 5.56 Å². The molecule has 0 saturated heterocycles. The summed E-state index contributed by atoms with van der Waals surface area (Å²) in [5.74, 6) is 2.29. The lowest BCUT2D eigenvalue weighted by atomic mass is 10.00. The number of aryl methyl sites for hydroxylation is 1. The summed E-state index contributed by atoms with van der Waals surface area (Å²) in [5, 5.41) is 0. The molecule has 0 amide bonds. The largest absolute Gasteiger partial charge is 0.497 e. The molecule has 0 atom stereocenters. The van der Waals surface area contributed by atoms with E-state index in [4.69, 9.17) is 13.6 Å². The van der Waals surface area contributed by atoms with Crippen LogP contribution in [0, 0.1) is 6.92 Å². The van der Waals surface area contributed by atoms with Gasteiger partial charge in [0.2, 0.25) is 0 Å². The normalized spacial score (nSPS) is 10.8. The second kappa shape index (κ2) is 6.36. The molecule has 0 bridgehead atoms. The van der Waals surface area contributed by atoms with E-state index in [0.29, 0.717) is 0 Å². The van der Waals surface area contributed by atoms with Gasteiger partial charge in [0.1, 0.15) is 5.75 Å². The molecule has 2 aromatic heterocycles. The van der Waals surface area contributed by atoms with Crippen LogP contribution in [0.4, 0.5) is 0 Å². The van der Waals surface area contributed by atoms with E-state index < -0.39 is 0 Å². The second-order valence-corrected chi connectivity index (χ2v) is 5.92. The Labute approximate surface area is 146 Å². The zero-order valence-electron chi connectivity index (χ0n) is 14.2. The number of methoxy groups -OCH3 is 1. The van der Waals surface area contributed by atoms with Crippen LogP contribution in [0.25, 0.3) is 33.8 Å². The Balaban J connectivity index is 1.78. The number of hydrogen-bond donors (Lipinski definition) is 0. The van der Waals surface area contributed by atoms with Crippen molar-refractivity contribution < 1.29 is 13.6 Å². The predicted molar refractivity (Wildman–Crippen MR) is 98.6 cm³/mol. The van der Waals surface area contributed by atoms with E-state index in [-0.39, 0.29) is 0 Å². The van der Waals surface area contributed by atoms with E-state index in [2.05, 4.69) is 31.2 Å². The fourth-order valence-corrected chi connectivity index (χ4v) is 2.93. The lowest BCUT2D eigenvalue weighted by Gasteiger charge is -2.06. The van der Waals surface area contributed by atoms with E-state index in [9.17, 15) is 0 Å². The molecule has 4 aromatic rings. The van der Waals surface area contributed by atoms with E-state index in [1.807, 2.05) is 36.4 Å².